The Bertz CT molecular complexity index is 1230. The quantitative estimate of drug-likeness (QED) is 0.632. The van der Waals surface area contributed by atoms with Gasteiger partial charge in [0, 0.05) is 64.1 Å². The first-order valence-electron chi connectivity index (χ1n) is 12.8. The molecule has 2 aromatic carbocycles. The summed E-state index contributed by atoms with van der Waals surface area (Å²) in [6.45, 7) is 5.67. The molecular weight excluding hydrogens is 476 g/mol. The lowest BCUT2D eigenvalue weighted by Gasteiger charge is -2.39. The van der Waals surface area contributed by atoms with Gasteiger partial charge < -0.3 is 14.7 Å². The van der Waals surface area contributed by atoms with E-state index >= 15 is 0 Å². The van der Waals surface area contributed by atoms with Crippen LogP contribution in [0.25, 0.3) is 0 Å². The third-order valence-corrected chi connectivity index (χ3v) is 9.49. The molecule has 0 saturated carbocycles. The number of para-hydroxylation sites is 1. The molecule has 36 heavy (non-hydrogen) atoms. The minimum Gasteiger partial charge on any atom is -0.368 e. The van der Waals surface area contributed by atoms with Crippen LogP contribution in [0.15, 0.2) is 53.4 Å². The molecule has 192 valence electrons. The van der Waals surface area contributed by atoms with Crippen LogP contribution >= 0.6 is 0 Å². The molecular formula is C27H34N4O4S. The summed E-state index contributed by atoms with van der Waals surface area (Å²) in [7, 11) is -3.72. The maximum absolute atomic E-state index is 13.5. The first-order valence-corrected chi connectivity index (χ1v) is 14.3. The summed E-state index contributed by atoms with van der Waals surface area (Å²) >= 11 is 0. The Labute approximate surface area is 213 Å². The fraction of sp³-hybridized carbons (Fsp3) is 0.481. The molecule has 2 aromatic rings. The topological polar surface area (TPSA) is 81.2 Å². The van der Waals surface area contributed by atoms with E-state index in [4.69, 9.17) is 0 Å². The van der Waals surface area contributed by atoms with Gasteiger partial charge in [-0.2, -0.15) is 4.31 Å². The van der Waals surface area contributed by atoms with Crippen molar-refractivity contribution in [3.8, 4) is 0 Å². The molecule has 3 aliphatic rings. The summed E-state index contributed by atoms with van der Waals surface area (Å²) in [5.41, 5.74) is 2.85. The van der Waals surface area contributed by atoms with Crippen molar-refractivity contribution >= 4 is 33.2 Å². The molecule has 0 aromatic heterocycles. The summed E-state index contributed by atoms with van der Waals surface area (Å²) in [6, 6.07) is 15.3. The van der Waals surface area contributed by atoms with Crippen molar-refractivity contribution < 1.29 is 18.0 Å². The number of rotatable bonds is 4. The maximum Gasteiger partial charge on any atom is 0.243 e. The van der Waals surface area contributed by atoms with Crippen LogP contribution < -0.4 is 9.80 Å². The van der Waals surface area contributed by atoms with Crippen LogP contribution in [0.1, 0.15) is 31.7 Å². The van der Waals surface area contributed by atoms with Crippen LogP contribution in [0.2, 0.25) is 0 Å². The van der Waals surface area contributed by atoms with Crippen LogP contribution in [-0.2, 0) is 26.0 Å². The number of sulfonamides is 1. The first kappa shape index (κ1) is 24.8. The monoisotopic (exact) mass is 510 g/mol. The minimum absolute atomic E-state index is 0.0338. The predicted molar refractivity (Wildman–Crippen MR) is 140 cm³/mol. The van der Waals surface area contributed by atoms with E-state index in [0.717, 1.165) is 42.9 Å². The predicted octanol–water partition coefficient (Wildman–Crippen LogP) is 2.74. The second-order valence-electron chi connectivity index (χ2n) is 9.91. The van der Waals surface area contributed by atoms with Crippen LogP contribution in [0.5, 0.6) is 0 Å². The highest BCUT2D eigenvalue weighted by Gasteiger charge is 2.36. The van der Waals surface area contributed by atoms with E-state index in [2.05, 4.69) is 17.0 Å². The Balaban J connectivity index is 1.25. The third kappa shape index (κ3) is 4.86. The number of anilines is 2. The molecule has 1 atom stereocenters. The van der Waals surface area contributed by atoms with Gasteiger partial charge in [0.05, 0.1) is 10.8 Å². The van der Waals surface area contributed by atoms with E-state index in [1.165, 1.54) is 11.2 Å². The van der Waals surface area contributed by atoms with Crippen LogP contribution in [-0.4, -0.2) is 75.3 Å². The number of piperazine rings is 1. The van der Waals surface area contributed by atoms with Crippen molar-refractivity contribution in [1.82, 2.24) is 9.21 Å². The fourth-order valence-electron chi connectivity index (χ4n) is 5.65. The van der Waals surface area contributed by atoms with E-state index in [1.807, 2.05) is 23.1 Å². The van der Waals surface area contributed by atoms with Crippen molar-refractivity contribution in [3.05, 3.63) is 54.1 Å². The summed E-state index contributed by atoms with van der Waals surface area (Å²) in [5, 5.41) is 0. The highest BCUT2D eigenvalue weighted by molar-refractivity contribution is 7.89. The normalized spacial score (nSPS) is 21.2. The second kappa shape index (κ2) is 10.2. The lowest BCUT2D eigenvalue weighted by atomic mass is 9.97. The molecule has 3 heterocycles. The van der Waals surface area contributed by atoms with Crippen molar-refractivity contribution in [2.75, 3.05) is 55.6 Å². The van der Waals surface area contributed by atoms with Crippen molar-refractivity contribution in [3.63, 3.8) is 0 Å². The van der Waals surface area contributed by atoms with Gasteiger partial charge in [-0.05, 0) is 61.6 Å². The molecule has 2 saturated heterocycles. The number of nitrogens with zero attached hydrogens (tertiary/aromatic N) is 4. The Morgan fingerprint density at radius 2 is 1.64 bits per heavy atom. The van der Waals surface area contributed by atoms with Gasteiger partial charge in [-0.3, -0.25) is 9.59 Å². The molecule has 5 rings (SSSR count). The molecule has 0 spiro atoms. The van der Waals surface area contributed by atoms with Crippen molar-refractivity contribution in [2.45, 2.75) is 37.5 Å². The standard InChI is InChI=1S/C27H34N4O4S/c1-21(32)31-14-6-7-22-19-25(11-12-26(22)31)36(34,35)30-13-5-8-23(20-30)27(33)29-17-15-28(16-18-29)24-9-3-2-4-10-24/h2-4,9-12,19,23H,5-8,13-18,20H2,1H3/t23-/m0/s1. The first-order chi connectivity index (χ1) is 17.3. The molecule has 0 aliphatic carbocycles. The van der Waals surface area contributed by atoms with Gasteiger partial charge >= 0.3 is 0 Å². The Morgan fingerprint density at radius 1 is 0.889 bits per heavy atom. The van der Waals surface area contributed by atoms with Crippen molar-refractivity contribution in [2.24, 2.45) is 5.92 Å². The zero-order chi connectivity index (χ0) is 25.3. The van der Waals surface area contributed by atoms with Gasteiger partial charge in [0.2, 0.25) is 21.8 Å². The van der Waals surface area contributed by atoms with Crippen LogP contribution in [0.4, 0.5) is 11.4 Å². The van der Waals surface area contributed by atoms with Crippen LogP contribution in [0, 0.1) is 5.92 Å². The average molecular weight is 511 g/mol. The molecule has 0 radical (unpaired) electrons. The molecule has 0 N–H and O–H groups in total. The van der Waals surface area contributed by atoms with E-state index < -0.39 is 10.0 Å². The number of hydrogen-bond donors (Lipinski definition) is 0. The second-order valence-corrected chi connectivity index (χ2v) is 11.9. The number of amides is 2. The van der Waals surface area contributed by atoms with E-state index in [0.29, 0.717) is 39.0 Å². The van der Waals surface area contributed by atoms with E-state index in [9.17, 15) is 18.0 Å². The lowest BCUT2D eigenvalue weighted by molar-refractivity contribution is -0.137. The van der Waals surface area contributed by atoms with Gasteiger partial charge in [0.15, 0.2) is 0 Å². The Kier molecular flexibility index (Phi) is 7.03. The van der Waals surface area contributed by atoms with Gasteiger partial charge in [-0.15, -0.1) is 0 Å². The smallest absolute Gasteiger partial charge is 0.243 e. The SMILES string of the molecule is CC(=O)N1CCCc2cc(S(=O)(=O)N3CCC[C@H](C(=O)N4CCN(c5ccccc5)CC4)C3)ccc21. The number of aryl methyl sites for hydroxylation is 1. The molecule has 9 heteroatoms. The summed E-state index contributed by atoms with van der Waals surface area (Å²) in [5.74, 6) is -0.290. The molecule has 3 aliphatic heterocycles. The zero-order valence-corrected chi connectivity index (χ0v) is 21.6. The minimum atomic E-state index is -3.72. The molecule has 2 fully saturated rings. The number of carbonyl (C=O) groups is 2. The maximum atomic E-state index is 13.5. The molecule has 2 amide bonds. The van der Waals surface area contributed by atoms with Crippen molar-refractivity contribution in [1.29, 1.82) is 0 Å². The average Bonchev–Trinajstić information content (AvgIpc) is 2.92. The lowest BCUT2D eigenvalue weighted by Crippen LogP contribution is -2.53. The number of hydrogen-bond acceptors (Lipinski definition) is 5. The van der Waals surface area contributed by atoms with Gasteiger partial charge in [0.25, 0.3) is 0 Å². The van der Waals surface area contributed by atoms with E-state index in [1.54, 1.807) is 23.1 Å². The summed E-state index contributed by atoms with van der Waals surface area (Å²) in [4.78, 5) is 31.5. The molecule has 8 nitrogen and oxygen atoms in total. The fourth-order valence-corrected chi connectivity index (χ4v) is 7.23. The number of benzene rings is 2. The summed E-state index contributed by atoms with van der Waals surface area (Å²) in [6.07, 6.45) is 2.94. The largest absolute Gasteiger partial charge is 0.368 e. The zero-order valence-electron chi connectivity index (χ0n) is 20.8. The Hall–Kier alpha value is -2.91. The van der Waals surface area contributed by atoms with Gasteiger partial charge in [-0.1, -0.05) is 18.2 Å². The van der Waals surface area contributed by atoms with E-state index in [-0.39, 0.29) is 29.2 Å². The third-order valence-electron chi connectivity index (χ3n) is 7.63. The number of fused-ring (bicyclic) bond motifs is 1. The highest BCUT2D eigenvalue weighted by atomic mass is 32.2. The van der Waals surface area contributed by atoms with Gasteiger partial charge in [0.1, 0.15) is 0 Å². The molecule has 0 unspecified atom stereocenters. The summed E-state index contributed by atoms with van der Waals surface area (Å²) < 4.78 is 28.6. The number of carbonyl (C=O) groups excluding carboxylic acids is 2. The van der Waals surface area contributed by atoms with Crippen LogP contribution in [0.3, 0.4) is 0 Å². The number of piperidine rings is 1. The van der Waals surface area contributed by atoms with Gasteiger partial charge in [-0.25, -0.2) is 8.42 Å². The highest BCUT2D eigenvalue weighted by Crippen LogP contribution is 2.32. The Morgan fingerprint density at radius 3 is 2.36 bits per heavy atom. The molecule has 0 bridgehead atoms.